The fourth-order valence-electron chi connectivity index (χ4n) is 2.62. The van der Waals surface area contributed by atoms with Crippen LogP contribution in [-0.4, -0.2) is 8.42 Å². The highest BCUT2D eigenvalue weighted by Crippen LogP contribution is 2.29. The highest BCUT2D eigenvalue weighted by atomic mass is 32.2. The molecular formula is C20H19NO2S2. The first-order chi connectivity index (χ1) is 12.1. The number of hydrogen-bond donors (Lipinski definition) is 1. The molecule has 0 amide bonds. The van der Waals surface area contributed by atoms with E-state index in [0.29, 0.717) is 10.6 Å². The summed E-state index contributed by atoms with van der Waals surface area (Å²) in [5, 5.41) is 0. The minimum Gasteiger partial charge on any atom is -0.264 e. The fourth-order valence-corrected chi connectivity index (χ4v) is 4.54. The summed E-state index contributed by atoms with van der Waals surface area (Å²) in [6, 6.07) is 26.0. The molecule has 0 fully saturated rings. The predicted octanol–water partition coefficient (Wildman–Crippen LogP) is 4.51. The van der Waals surface area contributed by atoms with E-state index in [1.165, 1.54) is 4.31 Å². The molecule has 3 nitrogen and oxygen atoms in total. The lowest BCUT2D eigenvalue weighted by Gasteiger charge is -2.26. The number of thiol groups is 1. The molecule has 0 saturated heterocycles. The third-order valence-electron chi connectivity index (χ3n) is 3.85. The summed E-state index contributed by atoms with van der Waals surface area (Å²) >= 11 is 4.46. The van der Waals surface area contributed by atoms with Gasteiger partial charge in [-0.1, -0.05) is 72.8 Å². The van der Waals surface area contributed by atoms with E-state index in [0.717, 1.165) is 11.1 Å². The molecule has 0 aliphatic rings. The van der Waals surface area contributed by atoms with Crippen LogP contribution in [0.3, 0.4) is 0 Å². The maximum Gasteiger partial charge on any atom is 0.239 e. The molecule has 5 heteroatoms. The van der Waals surface area contributed by atoms with Crippen LogP contribution in [0.1, 0.15) is 11.1 Å². The van der Waals surface area contributed by atoms with E-state index in [-0.39, 0.29) is 12.3 Å². The van der Waals surface area contributed by atoms with Crippen molar-refractivity contribution in [3.63, 3.8) is 0 Å². The van der Waals surface area contributed by atoms with Gasteiger partial charge < -0.3 is 0 Å². The molecule has 0 N–H and O–H groups in total. The highest BCUT2D eigenvalue weighted by Gasteiger charge is 2.24. The van der Waals surface area contributed by atoms with E-state index in [1.807, 2.05) is 72.8 Å². The Morgan fingerprint density at radius 1 is 0.720 bits per heavy atom. The van der Waals surface area contributed by atoms with Gasteiger partial charge in [-0.05, 0) is 23.3 Å². The van der Waals surface area contributed by atoms with Gasteiger partial charge in [-0.15, -0.1) is 12.6 Å². The van der Waals surface area contributed by atoms with Crippen molar-refractivity contribution in [1.82, 2.24) is 0 Å². The Kier molecular flexibility index (Phi) is 5.46. The summed E-state index contributed by atoms with van der Waals surface area (Å²) < 4.78 is 27.7. The Morgan fingerprint density at radius 3 is 1.84 bits per heavy atom. The first-order valence-corrected chi connectivity index (χ1v) is 9.98. The lowest BCUT2D eigenvalue weighted by Crippen LogP contribution is -2.32. The van der Waals surface area contributed by atoms with Crippen LogP contribution < -0.4 is 4.31 Å². The quantitative estimate of drug-likeness (QED) is 0.649. The van der Waals surface area contributed by atoms with Gasteiger partial charge in [0, 0.05) is 4.90 Å². The van der Waals surface area contributed by atoms with E-state index in [1.54, 1.807) is 12.1 Å². The molecule has 0 saturated carbocycles. The van der Waals surface area contributed by atoms with Gasteiger partial charge in [-0.25, -0.2) is 8.42 Å². The molecule has 3 aromatic rings. The average molecular weight is 370 g/mol. The first-order valence-electron chi connectivity index (χ1n) is 7.92. The second kappa shape index (κ2) is 7.76. The molecule has 0 unspecified atom stereocenters. The monoisotopic (exact) mass is 369 g/mol. The van der Waals surface area contributed by atoms with Crippen LogP contribution in [-0.2, 0) is 22.3 Å². The minimum atomic E-state index is -3.56. The Hall–Kier alpha value is -2.24. The first kappa shape index (κ1) is 17.6. The number of para-hydroxylation sites is 1. The Bertz CT molecular complexity index is 926. The second-order valence-corrected chi connectivity index (χ2v) is 8.10. The average Bonchev–Trinajstić information content (AvgIpc) is 2.62. The van der Waals surface area contributed by atoms with Crippen molar-refractivity contribution in [3.05, 3.63) is 96.1 Å². The Morgan fingerprint density at radius 2 is 1.24 bits per heavy atom. The molecule has 0 spiro atoms. The van der Waals surface area contributed by atoms with Crippen LogP contribution in [0.4, 0.5) is 5.69 Å². The molecule has 0 bridgehead atoms. The van der Waals surface area contributed by atoms with Gasteiger partial charge >= 0.3 is 0 Å². The molecule has 0 heterocycles. The van der Waals surface area contributed by atoms with Crippen molar-refractivity contribution >= 4 is 28.3 Å². The smallest absolute Gasteiger partial charge is 0.239 e. The number of hydrogen-bond acceptors (Lipinski definition) is 3. The standard InChI is InChI=1S/C20H19NO2S2/c22-25(23,16-18-11-5-2-6-12-18)21(15-17-9-3-1-4-10-17)19-13-7-8-14-20(19)24/h1-14,24H,15-16H2. The third-order valence-corrected chi connectivity index (χ3v) is 5.92. The van der Waals surface area contributed by atoms with Crippen molar-refractivity contribution in [2.45, 2.75) is 17.2 Å². The summed E-state index contributed by atoms with van der Waals surface area (Å²) in [4.78, 5) is 0.634. The van der Waals surface area contributed by atoms with Crippen LogP contribution >= 0.6 is 12.6 Å². The predicted molar refractivity (Wildman–Crippen MR) is 105 cm³/mol. The number of benzene rings is 3. The van der Waals surface area contributed by atoms with E-state index < -0.39 is 10.0 Å². The van der Waals surface area contributed by atoms with Crippen molar-refractivity contribution in [2.75, 3.05) is 4.31 Å². The summed E-state index contributed by atoms with van der Waals surface area (Å²) in [6.45, 7) is 0.271. The molecule has 0 atom stereocenters. The summed E-state index contributed by atoms with van der Waals surface area (Å²) in [5.41, 5.74) is 2.28. The van der Waals surface area contributed by atoms with Crippen LogP contribution in [0.15, 0.2) is 89.8 Å². The highest BCUT2D eigenvalue weighted by molar-refractivity contribution is 7.92. The molecule has 3 rings (SSSR count). The molecule has 0 aliphatic heterocycles. The van der Waals surface area contributed by atoms with Crippen molar-refractivity contribution < 1.29 is 8.42 Å². The molecule has 0 aromatic heterocycles. The molecule has 128 valence electrons. The van der Waals surface area contributed by atoms with Gasteiger partial charge in [0.05, 0.1) is 18.0 Å². The molecule has 25 heavy (non-hydrogen) atoms. The summed E-state index contributed by atoms with van der Waals surface area (Å²) in [6.07, 6.45) is 0. The van der Waals surface area contributed by atoms with Gasteiger partial charge in [0.25, 0.3) is 0 Å². The summed E-state index contributed by atoms with van der Waals surface area (Å²) in [5.74, 6) is -0.0528. The maximum absolute atomic E-state index is 13.1. The summed E-state index contributed by atoms with van der Waals surface area (Å²) in [7, 11) is -3.56. The van der Waals surface area contributed by atoms with Gasteiger partial charge in [-0.2, -0.15) is 0 Å². The SMILES string of the molecule is O=S(=O)(Cc1ccccc1)N(Cc1ccccc1)c1ccccc1S. The molecule has 0 radical (unpaired) electrons. The minimum absolute atomic E-state index is 0.0528. The second-order valence-electron chi connectivity index (χ2n) is 5.72. The Balaban J connectivity index is 1.99. The van der Waals surface area contributed by atoms with Crippen molar-refractivity contribution in [2.24, 2.45) is 0 Å². The Labute approximate surface area is 154 Å². The van der Waals surface area contributed by atoms with Gasteiger partial charge in [0.2, 0.25) is 10.0 Å². The zero-order chi connectivity index (χ0) is 17.7. The zero-order valence-corrected chi connectivity index (χ0v) is 15.3. The molecule has 3 aromatic carbocycles. The number of nitrogens with zero attached hydrogens (tertiary/aromatic N) is 1. The largest absolute Gasteiger partial charge is 0.264 e. The molecule has 0 aliphatic carbocycles. The van der Waals surface area contributed by atoms with Crippen LogP contribution in [0.5, 0.6) is 0 Å². The van der Waals surface area contributed by atoms with E-state index in [9.17, 15) is 8.42 Å². The third kappa shape index (κ3) is 4.44. The van der Waals surface area contributed by atoms with Crippen LogP contribution in [0.2, 0.25) is 0 Å². The lowest BCUT2D eigenvalue weighted by atomic mass is 10.2. The van der Waals surface area contributed by atoms with Gasteiger partial charge in [-0.3, -0.25) is 4.31 Å². The number of anilines is 1. The van der Waals surface area contributed by atoms with Crippen LogP contribution in [0.25, 0.3) is 0 Å². The van der Waals surface area contributed by atoms with E-state index >= 15 is 0 Å². The van der Waals surface area contributed by atoms with Gasteiger partial charge in [0.15, 0.2) is 0 Å². The van der Waals surface area contributed by atoms with E-state index in [2.05, 4.69) is 12.6 Å². The number of sulfonamides is 1. The lowest BCUT2D eigenvalue weighted by molar-refractivity contribution is 0.589. The van der Waals surface area contributed by atoms with Crippen molar-refractivity contribution in [3.8, 4) is 0 Å². The van der Waals surface area contributed by atoms with Crippen molar-refractivity contribution in [1.29, 1.82) is 0 Å². The normalized spacial score (nSPS) is 11.2. The van der Waals surface area contributed by atoms with E-state index in [4.69, 9.17) is 0 Å². The topological polar surface area (TPSA) is 37.4 Å². The van der Waals surface area contributed by atoms with Gasteiger partial charge in [0.1, 0.15) is 0 Å². The van der Waals surface area contributed by atoms with Crippen LogP contribution in [0, 0.1) is 0 Å². The zero-order valence-electron chi connectivity index (χ0n) is 13.6. The fraction of sp³-hybridized carbons (Fsp3) is 0.100. The number of rotatable bonds is 6. The molecular weight excluding hydrogens is 350 g/mol. The maximum atomic E-state index is 13.1.